The summed E-state index contributed by atoms with van der Waals surface area (Å²) in [7, 11) is 0. The molecular formula is C42H43N7O2. The molecular weight excluding hydrogens is 635 g/mol. The summed E-state index contributed by atoms with van der Waals surface area (Å²) >= 11 is 0. The van der Waals surface area contributed by atoms with E-state index in [9.17, 15) is 9.59 Å². The number of aromatic nitrogens is 3. The van der Waals surface area contributed by atoms with Gasteiger partial charge in [-0.05, 0) is 109 Å². The number of nitrogens with one attached hydrogen (secondary N) is 5. The number of amides is 2. The van der Waals surface area contributed by atoms with Crippen molar-refractivity contribution in [3.8, 4) is 22.3 Å². The fourth-order valence-corrected chi connectivity index (χ4v) is 8.30. The van der Waals surface area contributed by atoms with Gasteiger partial charge in [0.1, 0.15) is 11.4 Å². The van der Waals surface area contributed by atoms with Crippen LogP contribution in [0, 0.1) is 0 Å². The van der Waals surface area contributed by atoms with Gasteiger partial charge in [0, 0.05) is 67.8 Å². The van der Waals surface area contributed by atoms with E-state index >= 15 is 0 Å². The molecule has 9 heteroatoms. The summed E-state index contributed by atoms with van der Waals surface area (Å²) in [5.74, 6) is -0.208. The molecule has 51 heavy (non-hydrogen) atoms. The average molecular weight is 678 g/mol. The zero-order chi connectivity index (χ0) is 34.6. The van der Waals surface area contributed by atoms with Crippen molar-refractivity contribution in [2.45, 2.75) is 75.5 Å². The predicted octanol–water partition coefficient (Wildman–Crippen LogP) is 7.62. The van der Waals surface area contributed by atoms with Gasteiger partial charge in [0.2, 0.25) is 0 Å². The van der Waals surface area contributed by atoms with Crippen molar-refractivity contribution in [2.75, 3.05) is 0 Å². The van der Waals surface area contributed by atoms with Crippen LogP contribution in [-0.4, -0.2) is 50.9 Å². The molecule has 0 spiro atoms. The molecule has 3 aromatic heterocycles. The third-order valence-electron chi connectivity index (χ3n) is 11.3. The van der Waals surface area contributed by atoms with Crippen molar-refractivity contribution < 1.29 is 9.59 Å². The van der Waals surface area contributed by atoms with E-state index in [0.29, 0.717) is 11.4 Å². The third kappa shape index (κ3) is 5.96. The van der Waals surface area contributed by atoms with Gasteiger partial charge in [-0.1, -0.05) is 49.9 Å². The molecule has 2 aliphatic rings. The second-order valence-electron chi connectivity index (χ2n) is 14.7. The first-order valence-corrected chi connectivity index (χ1v) is 18.3. The first-order chi connectivity index (χ1) is 24.9. The van der Waals surface area contributed by atoms with Gasteiger partial charge in [0.05, 0.1) is 0 Å². The molecule has 0 saturated heterocycles. The molecule has 4 aromatic carbocycles. The van der Waals surface area contributed by atoms with Crippen LogP contribution in [0.2, 0.25) is 0 Å². The van der Waals surface area contributed by atoms with E-state index in [0.717, 1.165) is 117 Å². The van der Waals surface area contributed by atoms with Crippen molar-refractivity contribution >= 4 is 55.4 Å². The standard InChI is InChI=1S/C42H43N7O2/c43-31-5-1-3-7-37(31)48-41(50)39-21-27-17-23(9-13-33(27)45-39)25-11-15-35-29(19-25)30-20-26(12-16-36(30)47-35)24-10-14-34-28(18-24)22-40(46-34)42(51)49-38-8-4-2-6-32(38)44/h9-22,31-32,37-38,45-47H,1-8,43-44H2,(H,48,50)(H,49,51). The summed E-state index contributed by atoms with van der Waals surface area (Å²) in [5.41, 5.74) is 22.0. The zero-order valence-electron chi connectivity index (χ0n) is 28.5. The molecule has 4 atom stereocenters. The lowest BCUT2D eigenvalue weighted by Crippen LogP contribution is -2.49. The second kappa shape index (κ2) is 12.7. The number of carbonyl (C=O) groups excluding carboxylic acids is 2. The normalized spacial score (nSPS) is 21.1. The summed E-state index contributed by atoms with van der Waals surface area (Å²) in [4.78, 5) is 36.4. The monoisotopic (exact) mass is 677 g/mol. The van der Waals surface area contributed by atoms with Crippen molar-refractivity contribution in [1.82, 2.24) is 25.6 Å². The van der Waals surface area contributed by atoms with Gasteiger partial charge in [-0.25, -0.2) is 0 Å². The fourth-order valence-electron chi connectivity index (χ4n) is 8.30. The van der Waals surface area contributed by atoms with E-state index in [1.807, 2.05) is 24.3 Å². The summed E-state index contributed by atoms with van der Waals surface area (Å²) in [6.45, 7) is 0. The Morgan fingerprint density at radius 2 is 0.882 bits per heavy atom. The second-order valence-corrected chi connectivity index (χ2v) is 14.7. The smallest absolute Gasteiger partial charge is 0.268 e. The van der Waals surface area contributed by atoms with Gasteiger partial charge in [0.25, 0.3) is 11.8 Å². The average Bonchev–Trinajstić information content (AvgIpc) is 3.87. The highest BCUT2D eigenvalue weighted by Crippen LogP contribution is 2.35. The van der Waals surface area contributed by atoms with E-state index in [1.165, 1.54) is 0 Å². The Hall–Kier alpha value is -5.38. The number of hydrogen-bond acceptors (Lipinski definition) is 4. The SMILES string of the molecule is NC1CCCCC1NC(=O)c1cc2cc(-c3ccc4[nH]c5ccc(-c6ccc7[nH]c(C(=O)NC8CCCCC8N)cc7c6)cc5c4c3)ccc2[nH]1. The van der Waals surface area contributed by atoms with Crippen LogP contribution in [-0.2, 0) is 0 Å². The van der Waals surface area contributed by atoms with E-state index in [-0.39, 0.29) is 36.0 Å². The number of nitrogens with two attached hydrogens (primary N) is 2. The molecule has 0 bridgehead atoms. The largest absolute Gasteiger partial charge is 0.355 e. The number of rotatable bonds is 6. The van der Waals surface area contributed by atoms with Crippen LogP contribution in [0.5, 0.6) is 0 Å². The van der Waals surface area contributed by atoms with Crippen LogP contribution in [0.3, 0.4) is 0 Å². The van der Waals surface area contributed by atoms with Crippen molar-refractivity contribution in [3.63, 3.8) is 0 Å². The molecule has 7 aromatic rings. The topological polar surface area (TPSA) is 158 Å². The molecule has 0 radical (unpaired) electrons. The molecule has 2 amide bonds. The van der Waals surface area contributed by atoms with Crippen LogP contribution < -0.4 is 22.1 Å². The molecule has 258 valence electrons. The van der Waals surface area contributed by atoms with Gasteiger partial charge in [-0.3, -0.25) is 9.59 Å². The van der Waals surface area contributed by atoms with Crippen LogP contribution in [0.15, 0.2) is 84.9 Å². The molecule has 2 saturated carbocycles. The Morgan fingerprint density at radius 1 is 0.490 bits per heavy atom. The van der Waals surface area contributed by atoms with Crippen molar-refractivity contribution in [2.24, 2.45) is 11.5 Å². The lowest BCUT2D eigenvalue weighted by atomic mass is 9.91. The lowest BCUT2D eigenvalue weighted by Gasteiger charge is -2.29. The Labute approximate surface area is 295 Å². The highest BCUT2D eigenvalue weighted by atomic mass is 16.2. The Balaban J connectivity index is 0.984. The van der Waals surface area contributed by atoms with Crippen LogP contribution in [0.1, 0.15) is 72.3 Å². The van der Waals surface area contributed by atoms with Gasteiger partial charge in [-0.15, -0.1) is 0 Å². The van der Waals surface area contributed by atoms with Gasteiger partial charge < -0.3 is 37.1 Å². The number of benzene rings is 4. The van der Waals surface area contributed by atoms with E-state index < -0.39 is 0 Å². The molecule has 9 nitrogen and oxygen atoms in total. The highest BCUT2D eigenvalue weighted by Gasteiger charge is 2.25. The van der Waals surface area contributed by atoms with Gasteiger partial charge in [0.15, 0.2) is 0 Å². The number of fused-ring (bicyclic) bond motifs is 5. The van der Waals surface area contributed by atoms with Gasteiger partial charge in [-0.2, -0.15) is 0 Å². The Kier molecular flexibility index (Phi) is 7.89. The number of hydrogen-bond donors (Lipinski definition) is 7. The Morgan fingerprint density at radius 3 is 1.31 bits per heavy atom. The lowest BCUT2D eigenvalue weighted by molar-refractivity contribution is 0.0909. The molecule has 9 rings (SSSR count). The predicted molar refractivity (Wildman–Crippen MR) is 206 cm³/mol. The minimum absolute atomic E-state index is 0.0103. The summed E-state index contributed by atoms with van der Waals surface area (Å²) in [6, 6.07) is 29.5. The molecule has 4 unspecified atom stereocenters. The van der Waals surface area contributed by atoms with Crippen molar-refractivity contribution in [3.05, 3.63) is 96.3 Å². The summed E-state index contributed by atoms with van der Waals surface area (Å²) < 4.78 is 0. The number of carbonyl (C=O) groups is 2. The van der Waals surface area contributed by atoms with Crippen LogP contribution in [0.4, 0.5) is 0 Å². The molecule has 2 fully saturated rings. The Bertz CT molecular complexity index is 2280. The maximum absolute atomic E-state index is 13.1. The molecule has 9 N–H and O–H groups in total. The van der Waals surface area contributed by atoms with E-state index in [2.05, 4.69) is 86.2 Å². The van der Waals surface area contributed by atoms with Crippen molar-refractivity contribution in [1.29, 1.82) is 0 Å². The third-order valence-corrected chi connectivity index (χ3v) is 11.3. The molecule has 3 heterocycles. The maximum atomic E-state index is 13.1. The van der Waals surface area contributed by atoms with Crippen LogP contribution in [0.25, 0.3) is 65.9 Å². The zero-order valence-corrected chi connectivity index (χ0v) is 28.5. The van der Waals surface area contributed by atoms with Crippen LogP contribution >= 0.6 is 0 Å². The molecule has 0 aliphatic heterocycles. The highest BCUT2D eigenvalue weighted by molar-refractivity contribution is 6.10. The van der Waals surface area contributed by atoms with E-state index in [1.54, 1.807) is 0 Å². The fraction of sp³-hybridized carbons (Fsp3) is 0.286. The maximum Gasteiger partial charge on any atom is 0.268 e. The van der Waals surface area contributed by atoms with Gasteiger partial charge >= 0.3 is 0 Å². The number of aromatic amines is 3. The minimum Gasteiger partial charge on any atom is -0.355 e. The minimum atomic E-state index is -0.104. The first-order valence-electron chi connectivity index (χ1n) is 18.3. The molecule has 2 aliphatic carbocycles. The summed E-state index contributed by atoms with van der Waals surface area (Å²) in [5, 5.41) is 10.6. The summed E-state index contributed by atoms with van der Waals surface area (Å²) in [6.07, 6.45) is 8.19. The number of H-pyrrole nitrogens is 3. The van der Waals surface area contributed by atoms with E-state index in [4.69, 9.17) is 11.5 Å². The quantitative estimate of drug-likeness (QED) is 0.0966. The first kappa shape index (κ1) is 31.6.